The molecule has 0 radical (unpaired) electrons. The molecule has 7 rings (SSSR count). The normalized spacial score (nSPS) is 21.0. The van der Waals surface area contributed by atoms with Gasteiger partial charge in [0.05, 0.1) is 56.3 Å². The second kappa shape index (κ2) is 26.8. The smallest absolute Gasteiger partial charge is 0.417 e. The number of amides is 2. The van der Waals surface area contributed by atoms with Crippen LogP contribution in [0.3, 0.4) is 0 Å². The molecule has 74 heavy (non-hydrogen) atoms. The number of anilines is 1. The van der Waals surface area contributed by atoms with Crippen molar-refractivity contribution in [2.75, 3.05) is 59.1 Å². The number of non-ortho nitro benzene ring substituents is 1. The average Bonchev–Trinajstić information content (AvgIpc) is 3.42. The number of unbranched alkanes of at least 4 members (excludes halogenated alkanes) is 2. The number of fused-ring (bicyclic) bond motifs is 2. The van der Waals surface area contributed by atoms with Crippen molar-refractivity contribution in [2.45, 2.75) is 89.3 Å². The zero-order chi connectivity index (χ0) is 52.5. The van der Waals surface area contributed by atoms with E-state index in [1.54, 1.807) is 53.4 Å². The highest BCUT2D eigenvalue weighted by atomic mass is 16.7. The second-order valence-electron chi connectivity index (χ2n) is 18.4. The SMILES string of the molecule is C=CCOC12Oc3ccc(OC(=O)Nc4ccc(OC)cc4OC)cc3C3C(CCCCO)C(CCCCO)C=C(C(=NOCc4ccc([N+](=O)[O-])cc4)CC1N(CCC)C(=O)OCCOCc1ccccc1)C32. The van der Waals surface area contributed by atoms with Gasteiger partial charge in [0.25, 0.3) is 5.69 Å². The van der Waals surface area contributed by atoms with Crippen LogP contribution in [0.5, 0.6) is 23.0 Å². The van der Waals surface area contributed by atoms with E-state index in [-0.39, 0.29) is 75.9 Å². The maximum absolute atomic E-state index is 14.7. The van der Waals surface area contributed by atoms with Crippen LogP contribution in [0, 0.1) is 27.9 Å². The molecule has 3 aliphatic rings. The molecule has 0 aromatic heterocycles. The summed E-state index contributed by atoms with van der Waals surface area (Å²) in [4.78, 5) is 47.2. The number of nitro benzene ring substituents is 1. The van der Waals surface area contributed by atoms with Crippen LogP contribution in [0.25, 0.3) is 0 Å². The van der Waals surface area contributed by atoms with Crippen LogP contribution in [0.2, 0.25) is 0 Å². The molecule has 0 bridgehead atoms. The van der Waals surface area contributed by atoms with Crippen molar-refractivity contribution in [3.05, 3.63) is 142 Å². The predicted molar refractivity (Wildman–Crippen MR) is 276 cm³/mol. The highest BCUT2D eigenvalue weighted by Crippen LogP contribution is 2.62. The number of nitrogens with one attached hydrogen (secondary N) is 1. The topological polar surface area (TPSA) is 219 Å². The van der Waals surface area contributed by atoms with Crippen molar-refractivity contribution in [3.8, 4) is 23.0 Å². The quantitative estimate of drug-likeness (QED) is 0.0219. The van der Waals surface area contributed by atoms with E-state index >= 15 is 0 Å². The van der Waals surface area contributed by atoms with Gasteiger partial charge in [-0.2, -0.15) is 0 Å². The molecule has 1 heterocycles. The Kier molecular flexibility index (Phi) is 19.8. The van der Waals surface area contributed by atoms with Crippen LogP contribution < -0.4 is 24.3 Å². The largest absolute Gasteiger partial charge is 0.497 e. The first-order valence-corrected chi connectivity index (χ1v) is 25.3. The molecule has 1 aliphatic heterocycles. The molecule has 2 aliphatic carbocycles. The molecular formula is C56H68N4O14. The Morgan fingerprint density at radius 1 is 0.919 bits per heavy atom. The van der Waals surface area contributed by atoms with Crippen molar-refractivity contribution in [1.82, 2.24) is 4.90 Å². The summed E-state index contributed by atoms with van der Waals surface area (Å²) >= 11 is 0. The lowest BCUT2D eigenvalue weighted by Crippen LogP contribution is -2.70. The van der Waals surface area contributed by atoms with Gasteiger partial charge < -0.3 is 48.2 Å². The van der Waals surface area contributed by atoms with E-state index in [1.165, 1.54) is 26.4 Å². The summed E-state index contributed by atoms with van der Waals surface area (Å²) < 4.78 is 43.1. The standard InChI is InChI=1S/C56H68N4O14/c1-5-26-59(55(64)70-31-30-69-36-38-14-8-7-9-15-38)51-35-48(58-72-37-39-18-20-41(21-19-39)60(65)66)45-32-40(16-10-12-27-61)44(17-11-13-28-62)52-46-33-43(23-25-49(46)74-56(51,53(45)52)71-29-6-2)73-54(63)57-47-24-22-42(67-3)34-50(47)68-4/h6-9,14-15,18-25,32-34,40,44,51-53,61-62H,2,5,10-13,16-17,26-31,35-37H2,1,3-4H3,(H,57,63). The number of methoxy groups -OCH3 is 2. The number of hydrogen-bond acceptors (Lipinski definition) is 15. The highest BCUT2D eigenvalue weighted by molar-refractivity contribution is 6.03. The Hall–Kier alpha value is -6.99. The molecule has 4 aromatic rings. The summed E-state index contributed by atoms with van der Waals surface area (Å²) in [5.74, 6) is -1.28. The molecule has 1 saturated carbocycles. The number of nitro groups is 1. The van der Waals surface area contributed by atoms with Gasteiger partial charge in [-0.15, -0.1) is 6.58 Å². The third-order valence-electron chi connectivity index (χ3n) is 13.7. The van der Waals surface area contributed by atoms with Crippen molar-refractivity contribution in [1.29, 1.82) is 0 Å². The Morgan fingerprint density at radius 3 is 2.36 bits per heavy atom. The van der Waals surface area contributed by atoms with Crippen molar-refractivity contribution in [3.63, 3.8) is 0 Å². The Bertz CT molecular complexity index is 2570. The van der Waals surface area contributed by atoms with Gasteiger partial charge in [-0.25, -0.2) is 9.59 Å². The molecule has 0 spiro atoms. The Balaban J connectivity index is 1.33. The van der Waals surface area contributed by atoms with E-state index in [2.05, 4.69) is 18.0 Å². The van der Waals surface area contributed by atoms with Gasteiger partial charge in [0.1, 0.15) is 42.3 Å². The van der Waals surface area contributed by atoms with Gasteiger partial charge >= 0.3 is 12.2 Å². The molecular weight excluding hydrogens is 953 g/mol. The Labute approximate surface area is 432 Å². The summed E-state index contributed by atoms with van der Waals surface area (Å²) in [6.45, 7) is 6.77. The molecule has 4 aromatic carbocycles. The van der Waals surface area contributed by atoms with Crippen molar-refractivity contribution < 1.29 is 62.7 Å². The first-order chi connectivity index (χ1) is 36.1. The van der Waals surface area contributed by atoms with Crippen LogP contribution in [0.15, 0.2) is 120 Å². The zero-order valence-corrected chi connectivity index (χ0v) is 42.4. The molecule has 3 N–H and O–H groups in total. The van der Waals surface area contributed by atoms with Crippen molar-refractivity contribution in [2.24, 2.45) is 22.9 Å². The molecule has 0 saturated heterocycles. The molecule has 18 nitrogen and oxygen atoms in total. The first-order valence-electron chi connectivity index (χ1n) is 25.3. The van der Waals surface area contributed by atoms with Gasteiger partial charge in [-0.1, -0.05) is 67.4 Å². The van der Waals surface area contributed by atoms with E-state index in [4.69, 9.17) is 43.2 Å². The summed E-state index contributed by atoms with van der Waals surface area (Å²) in [5, 5.41) is 39.1. The van der Waals surface area contributed by atoms with Gasteiger partial charge in [-0.3, -0.25) is 20.3 Å². The number of rotatable bonds is 27. The number of nitrogens with zero attached hydrogens (tertiary/aromatic N) is 3. The highest BCUT2D eigenvalue weighted by Gasteiger charge is 2.65. The van der Waals surface area contributed by atoms with Crippen molar-refractivity contribution >= 4 is 29.3 Å². The zero-order valence-electron chi connectivity index (χ0n) is 42.4. The van der Waals surface area contributed by atoms with Crippen LogP contribution in [0.4, 0.5) is 21.0 Å². The summed E-state index contributed by atoms with van der Waals surface area (Å²) in [6.07, 6.45) is 7.07. The molecule has 1 fully saturated rings. The maximum Gasteiger partial charge on any atom is 0.417 e. The lowest BCUT2D eigenvalue weighted by Gasteiger charge is -2.59. The van der Waals surface area contributed by atoms with Crippen LogP contribution in [0.1, 0.15) is 80.9 Å². The third kappa shape index (κ3) is 13.2. The fourth-order valence-corrected chi connectivity index (χ4v) is 10.4. The lowest BCUT2D eigenvalue weighted by atomic mass is 9.55. The number of carbonyl (C=O) groups excluding carboxylic acids is 2. The molecule has 2 amide bonds. The summed E-state index contributed by atoms with van der Waals surface area (Å²) in [5.41, 5.74) is 4.01. The maximum atomic E-state index is 14.7. The predicted octanol–water partition coefficient (Wildman–Crippen LogP) is 10.1. The summed E-state index contributed by atoms with van der Waals surface area (Å²) in [6, 6.07) is 25.1. The summed E-state index contributed by atoms with van der Waals surface area (Å²) in [7, 11) is 3.02. The van der Waals surface area contributed by atoms with Gasteiger partial charge in [0, 0.05) is 55.9 Å². The minimum atomic E-state index is -1.58. The average molecular weight is 1020 g/mol. The number of allylic oxidation sites excluding steroid dienone is 1. The number of hydrogen-bond donors (Lipinski definition) is 3. The second-order valence-corrected chi connectivity index (χ2v) is 18.4. The molecule has 6 atom stereocenters. The molecule has 396 valence electrons. The van der Waals surface area contributed by atoms with Gasteiger partial charge in [0.15, 0.2) is 0 Å². The Morgan fingerprint density at radius 2 is 1.66 bits per heavy atom. The monoisotopic (exact) mass is 1020 g/mol. The minimum absolute atomic E-state index is 0.00557. The molecule has 6 unspecified atom stereocenters. The molecule has 18 heteroatoms. The van der Waals surface area contributed by atoms with Gasteiger partial charge in [-0.05, 0) is 103 Å². The van der Waals surface area contributed by atoms with Crippen LogP contribution in [-0.4, -0.2) is 104 Å². The van der Waals surface area contributed by atoms with E-state index in [1.807, 2.05) is 43.3 Å². The lowest BCUT2D eigenvalue weighted by molar-refractivity contribution is -0.384. The fraction of sp³-hybridized carbons (Fsp3) is 0.446. The van der Waals surface area contributed by atoms with E-state index in [0.29, 0.717) is 79.3 Å². The van der Waals surface area contributed by atoms with Crippen LogP contribution >= 0.6 is 0 Å². The number of ether oxygens (including phenoxy) is 7. The number of benzene rings is 4. The number of aliphatic hydroxyl groups excluding tert-OH is 2. The minimum Gasteiger partial charge on any atom is -0.497 e. The van der Waals surface area contributed by atoms with E-state index in [0.717, 1.165) is 23.1 Å². The number of aliphatic hydroxyl groups is 2. The van der Waals surface area contributed by atoms with Gasteiger partial charge in [0.2, 0.25) is 5.79 Å². The number of oxime groups is 1. The third-order valence-corrected chi connectivity index (χ3v) is 13.7. The number of carbonyl (C=O) groups is 2. The van der Waals surface area contributed by atoms with E-state index in [9.17, 15) is 29.9 Å². The first kappa shape index (κ1) is 54.8. The van der Waals surface area contributed by atoms with Crippen LogP contribution in [-0.2, 0) is 32.3 Å². The fourth-order valence-electron chi connectivity index (χ4n) is 10.4. The van der Waals surface area contributed by atoms with E-state index < -0.39 is 40.8 Å².